The Bertz CT molecular complexity index is 513. The minimum atomic E-state index is -0.259. The van der Waals surface area contributed by atoms with Crippen molar-refractivity contribution < 1.29 is 4.79 Å². The average molecular weight is 258 g/mol. The Morgan fingerprint density at radius 3 is 2.37 bits per heavy atom. The summed E-state index contributed by atoms with van der Waals surface area (Å²) >= 11 is 0. The molecule has 3 heteroatoms. The molecule has 0 atom stereocenters. The van der Waals surface area contributed by atoms with Crippen LogP contribution in [0.25, 0.3) is 0 Å². The summed E-state index contributed by atoms with van der Waals surface area (Å²) in [6, 6.07) is 8.36. The molecular formula is C16H22N2O. The summed E-state index contributed by atoms with van der Waals surface area (Å²) < 4.78 is 0. The number of hydrogen-bond donors (Lipinski definition) is 1. The Morgan fingerprint density at radius 1 is 1.21 bits per heavy atom. The summed E-state index contributed by atoms with van der Waals surface area (Å²) in [6.07, 6.45) is 5.06. The molecular weight excluding hydrogens is 236 g/mol. The maximum Gasteiger partial charge on any atom is 0.232 e. The van der Waals surface area contributed by atoms with Gasteiger partial charge in [0.05, 0.1) is 5.41 Å². The second-order valence-electron chi connectivity index (χ2n) is 6.48. The van der Waals surface area contributed by atoms with Crippen LogP contribution in [0.1, 0.15) is 36.8 Å². The van der Waals surface area contributed by atoms with Crippen molar-refractivity contribution in [2.24, 2.45) is 5.73 Å². The number of rotatable bonds is 4. The zero-order chi connectivity index (χ0) is 13.7. The van der Waals surface area contributed by atoms with Crippen molar-refractivity contribution in [1.82, 2.24) is 4.90 Å². The van der Waals surface area contributed by atoms with E-state index in [9.17, 15) is 4.79 Å². The van der Waals surface area contributed by atoms with E-state index in [0.29, 0.717) is 0 Å². The minimum absolute atomic E-state index is 0.00660. The van der Waals surface area contributed by atoms with Gasteiger partial charge in [-0.1, -0.05) is 24.3 Å². The first kappa shape index (κ1) is 12.7. The van der Waals surface area contributed by atoms with E-state index in [1.807, 2.05) is 20.2 Å². The van der Waals surface area contributed by atoms with Crippen LogP contribution in [0.15, 0.2) is 24.3 Å². The van der Waals surface area contributed by atoms with Crippen LogP contribution in [-0.4, -0.2) is 30.4 Å². The van der Waals surface area contributed by atoms with Gasteiger partial charge in [0.15, 0.2) is 0 Å². The molecule has 1 aromatic rings. The van der Waals surface area contributed by atoms with Gasteiger partial charge in [-0.25, -0.2) is 0 Å². The Morgan fingerprint density at radius 2 is 1.84 bits per heavy atom. The lowest BCUT2D eigenvalue weighted by molar-refractivity contribution is -0.131. The van der Waals surface area contributed by atoms with E-state index in [1.165, 1.54) is 11.1 Å². The van der Waals surface area contributed by atoms with Gasteiger partial charge in [-0.15, -0.1) is 0 Å². The molecule has 0 spiro atoms. The van der Waals surface area contributed by atoms with Crippen LogP contribution in [-0.2, 0) is 16.6 Å². The van der Waals surface area contributed by atoms with Crippen LogP contribution in [0, 0.1) is 0 Å². The summed E-state index contributed by atoms with van der Waals surface area (Å²) in [6.45, 7) is 0. The van der Waals surface area contributed by atoms with Crippen LogP contribution in [0.4, 0.5) is 0 Å². The van der Waals surface area contributed by atoms with E-state index in [1.54, 1.807) is 4.90 Å². The van der Waals surface area contributed by atoms with Gasteiger partial charge in [0.1, 0.15) is 0 Å². The number of amides is 1. The second-order valence-corrected chi connectivity index (χ2v) is 6.48. The lowest BCUT2D eigenvalue weighted by Crippen LogP contribution is -2.35. The first-order valence-corrected chi connectivity index (χ1v) is 7.06. The molecule has 0 aliphatic heterocycles. The molecule has 2 saturated carbocycles. The molecule has 3 rings (SSSR count). The van der Waals surface area contributed by atoms with Crippen molar-refractivity contribution in [2.45, 2.75) is 43.1 Å². The average Bonchev–Trinajstić information content (AvgIpc) is 3.27. The minimum Gasteiger partial charge on any atom is -0.348 e. The molecule has 2 fully saturated rings. The van der Waals surface area contributed by atoms with Crippen molar-refractivity contribution in [3.05, 3.63) is 35.4 Å². The Labute approximate surface area is 114 Å². The van der Waals surface area contributed by atoms with Gasteiger partial charge < -0.3 is 10.6 Å². The third-order valence-corrected chi connectivity index (χ3v) is 4.53. The molecule has 19 heavy (non-hydrogen) atoms. The third kappa shape index (κ3) is 2.16. The van der Waals surface area contributed by atoms with Crippen molar-refractivity contribution in [3.8, 4) is 0 Å². The Hall–Kier alpha value is -1.35. The topological polar surface area (TPSA) is 46.3 Å². The second kappa shape index (κ2) is 4.07. The van der Waals surface area contributed by atoms with E-state index in [4.69, 9.17) is 5.73 Å². The molecule has 1 aromatic carbocycles. The fourth-order valence-corrected chi connectivity index (χ4v) is 3.01. The predicted molar refractivity (Wildman–Crippen MR) is 75.9 cm³/mol. The van der Waals surface area contributed by atoms with E-state index < -0.39 is 0 Å². The predicted octanol–water partition coefficient (Wildman–Crippen LogP) is 1.84. The molecule has 102 valence electrons. The number of nitrogens with zero attached hydrogens (tertiary/aromatic N) is 1. The number of nitrogens with two attached hydrogens (primary N) is 1. The lowest BCUT2D eigenvalue weighted by atomic mass is 9.87. The number of likely N-dealkylation sites (N-methyl/N-ethyl adjacent to an activating group) is 1. The molecule has 0 radical (unpaired) electrons. The zero-order valence-electron chi connectivity index (χ0n) is 11.8. The van der Waals surface area contributed by atoms with Gasteiger partial charge in [0.2, 0.25) is 5.91 Å². The first-order valence-electron chi connectivity index (χ1n) is 7.06. The standard InChI is InChI=1S/C16H22N2O/c1-18(2)14(19)16(9-10-16)13-6-4-3-5-12(13)11-15(17)7-8-15/h3-6H,7-11,17H2,1-2H3. The largest absolute Gasteiger partial charge is 0.348 e. The molecule has 2 aliphatic rings. The summed E-state index contributed by atoms with van der Waals surface area (Å²) in [5.74, 6) is 0.238. The highest BCUT2D eigenvalue weighted by atomic mass is 16.2. The van der Waals surface area contributed by atoms with Crippen LogP contribution < -0.4 is 5.73 Å². The van der Waals surface area contributed by atoms with E-state index in [0.717, 1.165) is 32.1 Å². The highest BCUT2D eigenvalue weighted by Gasteiger charge is 2.53. The van der Waals surface area contributed by atoms with Crippen LogP contribution in [0.5, 0.6) is 0 Å². The van der Waals surface area contributed by atoms with E-state index in [2.05, 4.69) is 18.2 Å². The maximum absolute atomic E-state index is 12.5. The first-order chi connectivity index (χ1) is 8.97. The molecule has 0 unspecified atom stereocenters. The number of benzene rings is 1. The van der Waals surface area contributed by atoms with Crippen molar-refractivity contribution in [1.29, 1.82) is 0 Å². The third-order valence-electron chi connectivity index (χ3n) is 4.53. The zero-order valence-corrected chi connectivity index (χ0v) is 11.8. The molecule has 3 nitrogen and oxygen atoms in total. The molecule has 0 heterocycles. The smallest absolute Gasteiger partial charge is 0.232 e. The van der Waals surface area contributed by atoms with Gasteiger partial charge in [0.25, 0.3) is 0 Å². The van der Waals surface area contributed by atoms with Gasteiger partial charge in [-0.3, -0.25) is 4.79 Å². The van der Waals surface area contributed by atoms with Crippen LogP contribution in [0.2, 0.25) is 0 Å². The van der Waals surface area contributed by atoms with E-state index >= 15 is 0 Å². The lowest BCUT2D eigenvalue weighted by Gasteiger charge is -2.23. The van der Waals surface area contributed by atoms with Gasteiger partial charge >= 0.3 is 0 Å². The summed E-state index contributed by atoms with van der Waals surface area (Å²) in [4.78, 5) is 14.2. The number of carbonyl (C=O) groups is 1. The molecule has 0 saturated heterocycles. The van der Waals surface area contributed by atoms with E-state index in [-0.39, 0.29) is 16.9 Å². The Kier molecular flexibility index (Phi) is 2.72. The molecule has 2 aliphatic carbocycles. The fraction of sp³-hybridized carbons (Fsp3) is 0.562. The number of carbonyl (C=O) groups excluding carboxylic acids is 1. The summed E-state index contributed by atoms with van der Waals surface area (Å²) in [7, 11) is 3.69. The van der Waals surface area contributed by atoms with Crippen molar-refractivity contribution in [2.75, 3.05) is 14.1 Å². The fourth-order valence-electron chi connectivity index (χ4n) is 3.01. The van der Waals surface area contributed by atoms with Gasteiger partial charge in [-0.05, 0) is 43.2 Å². The quantitative estimate of drug-likeness (QED) is 0.895. The molecule has 0 aromatic heterocycles. The van der Waals surface area contributed by atoms with Gasteiger partial charge in [-0.2, -0.15) is 0 Å². The van der Waals surface area contributed by atoms with Crippen molar-refractivity contribution in [3.63, 3.8) is 0 Å². The Balaban J connectivity index is 1.94. The highest BCUT2D eigenvalue weighted by Crippen LogP contribution is 2.51. The SMILES string of the molecule is CN(C)C(=O)C1(c2ccccc2CC2(N)CC2)CC1. The molecule has 2 N–H and O–H groups in total. The highest BCUT2D eigenvalue weighted by molar-refractivity contribution is 5.91. The van der Waals surface area contributed by atoms with Crippen LogP contribution in [0.3, 0.4) is 0 Å². The maximum atomic E-state index is 12.5. The number of hydrogen-bond acceptors (Lipinski definition) is 2. The monoisotopic (exact) mass is 258 g/mol. The van der Waals surface area contributed by atoms with Crippen molar-refractivity contribution >= 4 is 5.91 Å². The normalized spacial score (nSPS) is 21.8. The summed E-state index contributed by atoms with van der Waals surface area (Å²) in [5, 5.41) is 0. The van der Waals surface area contributed by atoms with Crippen LogP contribution >= 0.6 is 0 Å². The molecule has 0 bridgehead atoms. The van der Waals surface area contributed by atoms with Gasteiger partial charge in [0, 0.05) is 19.6 Å². The molecule has 1 amide bonds. The summed E-state index contributed by atoms with van der Waals surface area (Å²) in [5.41, 5.74) is 8.47.